The van der Waals surface area contributed by atoms with Crippen molar-refractivity contribution in [2.45, 2.75) is 25.8 Å². The minimum atomic E-state index is -0.423. The van der Waals surface area contributed by atoms with Crippen molar-refractivity contribution in [3.8, 4) is 5.69 Å². The molecule has 1 aromatic carbocycles. The summed E-state index contributed by atoms with van der Waals surface area (Å²) in [6, 6.07) is 7.31. The van der Waals surface area contributed by atoms with Crippen LogP contribution in [0.15, 0.2) is 55.1 Å². The molecule has 1 fully saturated rings. The Morgan fingerprint density at radius 1 is 1.11 bits per heavy atom. The van der Waals surface area contributed by atoms with Crippen LogP contribution in [0.3, 0.4) is 0 Å². The molecular weight excluding hydrogens is 360 g/mol. The quantitative estimate of drug-likeness (QED) is 0.528. The van der Waals surface area contributed by atoms with E-state index in [0.29, 0.717) is 5.56 Å². The summed E-state index contributed by atoms with van der Waals surface area (Å²) in [6.07, 6.45) is 9.29. The fraction of sp³-hybridized carbons (Fsp3) is 0.238. The Hall–Kier alpha value is -3.22. The SMILES string of the molecule is Cc1ccn(-c2cnn3ccc(N4CCC[C@@H]4c4cc(F)ccc4F)nc23)c1. The number of benzene rings is 1. The maximum absolute atomic E-state index is 14.4. The lowest BCUT2D eigenvalue weighted by Gasteiger charge is -2.26. The first-order valence-corrected chi connectivity index (χ1v) is 9.31. The van der Waals surface area contributed by atoms with Crippen molar-refractivity contribution in [3.05, 3.63) is 77.9 Å². The lowest BCUT2D eigenvalue weighted by Crippen LogP contribution is -2.24. The van der Waals surface area contributed by atoms with E-state index in [4.69, 9.17) is 4.98 Å². The van der Waals surface area contributed by atoms with Gasteiger partial charge in [0.2, 0.25) is 0 Å². The highest BCUT2D eigenvalue weighted by Gasteiger charge is 2.30. The van der Waals surface area contributed by atoms with Crippen LogP contribution in [0.2, 0.25) is 0 Å². The normalized spacial score (nSPS) is 17.0. The second-order valence-electron chi connectivity index (χ2n) is 7.20. The van der Waals surface area contributed by atoms with Gasteiger partial charge in [-0.3, -0.25) is 0 Å². The van der Waals surface area contributed by atoms with Crippen LogP contribution in [0.1, 0.15) is 30.0 Å². The number of rotatable bonds is 3. The van der Waals surface area contributed by atoms with Crippen molar-refractivity contribution >= 4 is 11.5 Å². The Morgan fingerprint density at radius 3 is 2.82 bits per heavy atom. The third kappa shape index (κ3) is 2.74. The van der Waals surface area contributed by atoms with E-state index in [9.17, 15) is 8.78 Å². The van der Waals surface area contributed by atoms with Gasteiger partial charge in [-0.2, -0.15) is 5.10 Å². The van der Waals surface area contributed by atoms with Crippen LogP contribution in [0, 0.1) is 18.6 Å². The molecule has 0 saturated carbocycles. The van der Waals surface area contributed by atoms with Crippen LogP contribution in [0.4, 0.5) is 14.6 Å². The molecular formula is C21H19F2N5. The van der Waals surface area contributed by atoms with Crippen molar-refractivity contribution in [3.63, 3.8) is 0 Å². The maximum atomic E-state index is 14.4. The number of halogens is 2. The number of nitrogens with zero attached hydrogens (tertiary/aromatic N) is 5. The van der Waals surface area contributed by atoms with Crippen LogP contribution in [0.25, 0.3) is 11.3 Å². The van der Waals surface area contributed by atoms with Gasteiger partial charge in [-0.05, 0) is 55.7 Å². The number of aryl methyl sites for hydroxylation is 1. The Morgan fingerprint density at radius 2 is 2.00 bits per heavy atom. The molecule has 4 aromatic rings. The molecule has 0 radical (unpaired) electrons. The molecule has 1 aliphatic rings. The monoisotopic (exact) mass is 379 g/mol. The minimum absolute atomic E-state index is 0.231. The van der Waals surface area contributed by atoms with E-state index in [1.165, 1.54) is 12.1 Å². The third-order valence-electron chi connectivity index (χ3n) is 5.32. The maximum Gasteiger partial charge on any atom is 0.181 e. The first-order chi connectivity index (χ1) is 13.6. The Kier molecular flexibility index (Phi) is 3.89. The first kappa shape index (κ1) is 16.9. The van der Waals surface area contributed by atoms with Crippen molar-refractivity contribution in [1.82, 2.24) is 19.2 Å². The molecule has 1 aliphatic heterocycles. The molecule has 0 unspecified atom stereocenters. The van der Waals surface area contributed by atoms with E-state index < -0.39 is 5.82 Å². The van der Waals surface area contributed by atoms with Gasteiger partial charge in [0, 0.05) is 30.7 Å². The topological polar surface area (TPSA) is 38.4 Å². The fourth-order valence-electron chi connectivity index (χ4n) is 3.98. The van der Waals surface area contributed by atoms with Crippen LogP contribution >= 0.6 is 0 Å². The highest BCUT2D eigenvalue weighted by atomic mass is 19.1. The van der Waals surface area contributed by atoms with Gasteiger partial charge in [-0.1, -0.05) is 0 Å². The molecule has 0 bridgehead atoms. The molecule has 0 amide bonds. The number of anilines is 1. The van der Waals surface area contributed by atoms with Crippen LogP contribution < -0.4 is 4.90 Å². The highest BCUT2D eigenvalue weighted by Crippen LogP contribution is 2.37. The highest BCUT2D eigenvalue weighted by molar-refractivity contribution is 5.62. The Bertz CT molecular complexity index is 1160. The smallest absolute Gasteiger partial charge is 0.181 e. The van der Waals surface area contributed by atoms with Crippen LogP contribution in [-0.4, -0.2) is 25.7 Å². The van der Waals surface area contributed by atoms with Crippen molar-refractivity contribution in [2.75, 3.05) is 11.4 Å². The van der Waals surface area contributed by atoms with Crippen molar-refractivity contribution < 1.29 is 8.78 Å². The molecule has 0 N–H and O–H groups in total. The van der Waals surface area contributed by atoms with Gasteiger partial charge in [0.1, 0.15) is 23.1 Å². The van der Waals surface area contributed by atoms with Gasteiger partial charge in [-0.25, -0.2) is 18.3 Å². The number of hydrogen-bond acceptors (Lipinski definition) is 3. The van der Waals surface area contributed by atoms with Crippen molar-refractivity contribution in [2.24, 2.45) is 0 Å². The zero-order valence-electron chi connectivity index (χ0n) is 15.4. The first-order valence-electron chi connectivity index (χ1n) is 9.31. The lowest BCUT2D eigenvalue weighted by molar-refractivity contribution is 0.560. The molecule has 4 heterocycles. The molecule has 142 valence electrons. The van der Waals surface area contributed by atoms with E-state index in [-0.39, 0.29) is 11.9 Å². The van der Waals surface area contributed by atoms with Crippen molar-refractivity contribution in [1.29, 1.82) is 0 Å². The summed E-state index contributed by atoms with van der Waals surface area (Å²) in [6.45, 7) is 2.78. The summed E-state index contributed by atoms with van der Waals surface area (Å²) in [5, 5.41) is 4.38. The summed E-state index contributed by atoms with van der Waals surface area (Å²) < 4.78 is 31.8. The van der Waals surface area contributed by atoms with Gasteiger partial charge in [0.15, 0.2) is 5.65 Å². The number of aromatic nitrogens is 4. The summed E-state index contributed by atoms with van der Waals surface area (Å²) in [7, 11) is 0. The van der Waals surface area contributed by atoms with Gasteiger partial charge < -0.3 is 9.47 Å². The van der Waals surface area contributed by atoms with Crippen LogP contribution in [0.5, 0.6) is 0 Å². The summed E-state index contributed by atoms with van der Waals surface area (Å²) in [5.74, 6) is -0.0655. The van der Waals surface area contributed by atoms with Crippen LogP contribution in [-0.2, 0) is 0 Å². The van der Waals surface area contributed by atoms with E-state index in [1.807, 2.05) is 42.2 Å². The largest absolute Gasteiger partial charge is 0.349 e. The summed E-state index contributed by atoms with van der Waals surface area (Å²) >= 11 is 0. The Balaban J connectivity index is 1.57. The van der Waals surface area contributed by atoms with E-state index in [1.54, 1.807) is 10.7 Å². The fourth-order valence-corrected chi connectivity index (χ4v) is 3.98. The zero-order chi connectivity index (χ0) is 19.3. The molecule has 3 aromatic heterocycles. The average molecular weight is 379 g/mol. The number of hydrogen-bond donors (Lipinski definition) is 0. The average Bonchev–Trinajstić information content (AvgIpc) is 3.42. The van der Waals surface area contributed by atoms with Gasteiger partial charge in [0.25, 0.3) is 0 Å². The van der Waals surface area contributed by atoms with E-state index >= 15 is 0 Å². The summed E-state index contributed by atoms with van der Waals surface area (Å²) in [5.41, 5.74) is 3.13. The van der Waals surface area contributed by atoms with E-state index in [0.717, 1.165) is 48.2 Å². The predicted octanol–water partition coefficient (Wildman–Crippen LogP) is 4.45. The van der Waals surface area contributed by atoms with Gasteiger partial charge >= 0.3 is 0 Å². The van der Waals surface area contributed by atoms with Gasteiger partial charge in [0.05, 0.1) is 12.2 Å². The molecule has 1 atom stereocenters. The predicted molar refractivity (Wildman–Crippen MR) is 103 cm³/mol. The molecule has 5 nitrogen and oxygen atoms in total. The van der Waals surface area contributed by atoms with E-state index in [2.05, 4.69) is 10.00 Å². The standard InChI is InChI=1S/C21H19F2N5/c1-14-6-9-26(13-14)19-12-24-28-10-7-20(25-21(19)28)27-8-2-3-18(27)16-11-15(22)4-5-17(16)23/h4-7,9-13,18H,2-3,8H2,1H3/t18-/m1/s1. The second kappa shape index (κ2) is 6.44. The Labute approximate surface area is 160 Å². The lowest BCUT2D eigenvalue weighted by atomic mass is 10.0. The number of fused-ring (bicyclic) bond motifs is 1. The molecule has 1 saturated heterocycles. The zero-order valence-corrected chi connectivity index (χ0v) is 15.4. The van der Waals surface area contributed by atoms with Gasteiger partial charge in [-0.15, -0.1) is 0 Å². The molecule has 7 heteroatoms. The molecule has 5 rings (SSSR count). The minimum Gasteiger partial charge on any atom is -0.349 e. The third-order valence-corrected chi connectivity index (χ3v) is 5.32. The second-order valence-corrected chi connectivity index (χ2v) is 7.20. The molecule has 28 heavy (non-hydrogen) atoms. The molecule has 0 aliphatic carbocycles. The molecule has 0 spiro atoms. The summed E-state index contributed by atoms with van der Waals surface area (Å²) in [4.78, 5) is 6.87.